The van der Waals surface area contributed by atoms with Gasteiger partial charge in [0, 0.05) is 0 Å². The van der Waals surface area contributed by atoms with Crippen molar-refractivity contribution in [2.75, 3.05) is 0 Å². The Bertz CT molecular complexity index is 519. The zero-order valence-corrected chi connectivity index (χ0v) is 9.60. The summed E-state index contributed by atoms with van der Waals surface area (Å²) in [4.78, 5) is 15.8. The highest BCUT2D eigenvalue weighted by atomic mass is 32.1. The van der Waals surface area contributed by atoms with Crippen molar-refractivity contribution in [3.63, 3.8) is 0 Å². The molecule has 84 valence electrons. The van der Waals surface area contributed by atoms with Gasteiger partial charge in [0.1, 0.15) is 11.7 Å². The molecule has 2 heterocycles. The lowest BCUT2D eigenvalue weighted by Gasteiger charge is -2.03. The topological polar surface area (TPSA) is 80.9 Å². The Morgan fingerprint density at radius 1 is 1.62 bits per heavy atom. The van der Waals surface area contributed by atoms with Gasteiger partial charge in [-0.2, -0.15) is 0 Å². The first-order valence-electron chi connectivity index (χ1n) is 4.64. The lowest BCUT2D eigenvalue weighted by atomic mass is 10.3. The maximum atomic E-state index is 10.8. The predicted molar refractivity (Wildman–Crippen MR) is 58.2 cm³/mol. The SMILES string of the molecule is Cc1ncsc1-c1cn(C(C)C(=O)O)nn1. The number of aromatic nitrogens is 4. The third-order valence-electron chi connectivity index (χ3n) is 2.24. The molecule has 0 saturated carbocycles. The Kier molecular flexibility index (Phi) is 2.69. The third-order valence-corrected chi connectivity index (χ3v) is 3.19. The number of nitrogens with zero attached hydrogens (tertiary/aromatic N) is 4. The van der Waals surface area contributed by atoms with Gasteiger partial charge in [0.25, 0.3) is 0 Å². The lowest BCUT2D eigenvalue weighted by molar-refractivity contribution is -0.140. The van der Waals surface area contributed by atoms with Crippen molar-refractivity contribution in [3.8, 4) is 10.6 Å². The number of aryl methyl sites for hydroxylation is 1. The minimum Gasteiger partial charge on any atom is -0.480 e. The fraction of sp³-hybridized carbons (Fsp3) is 0.333. The minimum atomic E-state index is -0.933. The summed E-state index contributed by atoms with van der Waals surface area (Å²) in [6, 6.07) is -0.713. The molecule has 2 aromatic heterocycles. The molecule has 0 aliphatic heterocycles. The van der Waals surface area contributed by atoms with Gasteiger partial charge in [0.2, 0.25) is 0 Å². The summed E-state index contributed by atoms with van der Waals surface area (Å²) in [6.45, 7) is 3.44. The highest BCUT2D eigenvalue weighted by molar-refractivity contribution is 7.13. The molecule has 0 spiro atoms. The summed E-state index contributed by atoms with van der Waals surface area (Å²) in [7, 11) is 0. The van der Waals surface area contributed by atoms with Gasteiger partial charge in [-0.3, -0.25) is 0 Å². The Balaban J connectivity index is 2.33. The van der Waals surface area contributed by atoms with E-state index in [1.807, 2.05) is 6.92 Å². The van der Waals surface area contributed by atoms with E-state index in [4.69, 9.17) is 5.11 Å². The van der Waals surface area contributed by atoms with Crippen molar-refractivity contribution in [3.05, 3.63) is 17.4 Å². The summed E-state index contributed by atoms with van der Waals surface area (Å²) < 4.78 is 1.33. The quantitative estimate of drug-likeness (QED) is 0.873. The Morgan fingerprint density at radius 2 is 2.38 bits per heavy atom. The molecule has 2 aromatic rings. The van der Waals surface area contributed by atoms with Crippen LogP contribution in [-0.4, -0.2) is 31.1 Å². The van der Waals surface area contributed by atoms with E-state index >= 15 is 0 Å². The van der Waals surface area contributed by atoms with Crippen molar-refractivity contribution >= 4 is 17.3 Å². The molecule has 0 fully saturated rings. The van der Waals surface area contributed by atoms with E-state index in [1.54, 1.807) is 18.6 Å². The van der Waals surface area contributed by atoms with Crippen LogP contribution in [-0.2, 0) is 4.79 Å². The number of hydrogen-bond donors (Lipinski definition) is 1. The van der Waals surface area contributed by atoms with Gasteiger partial charge < -0.3 is 5.11 Å². The number of thiazole rings is 1. The van der Waals surface area contributed by atoms with E-state index in [2.05, 4.69) is 15.3 Å². The summed E-state index contributed by atoms with van der Waals surface area (Å²) >= 11 is 1.46. The van der Waals surface area contributed by atoms with E-state index in [0.29, 0.717) is 5.69 Å². The molecule has 0 aliphatic carbocycles. The second-order valence-electron chi connectivity index (χ2n) is 3.36. The van der Waals surface area contributed by atoms with Crippen LogP contribution in [0.1, 0.15) is 18.7 Å². The standard InChI is InChI=1S/C9H10N4O2S/c1-5-8(16-4-10-5)7-3-13(12-11-7)6(2)9(14)15/h3-4,6H,1-2H3,(H,14,15). The summed E-state index contributed by atoms with van der Waals surface area (Å²) in [6.07, 6.45) is 1.62. The van der Waals surface area contributed by atoms with Crippen molar-refractivity contribution < 1.29 is 9.90 Å². The van der Waals surface area contributed by atoms with Gasteiger partial charge in [-0.25, -0.2) is 14.5 Å². The number of hydrogen-bond acceptors (Lipinski definition) is 5. The largest absolute Gasteiger partial charge is 0.480 e. The fourth-order valence-electron chi connectivity index (χ4n) is 1.23. The van der Waals surface area contributed by atoms with E-state index in [9.17, 15) is 4.79 Å². The molecule has 0 aliphatic rings. The lowest BCUT2D eigenvalue weighted by Crippen LogP contribution is -2.15. The van der Waals surface area contributed by atoms with Crippen LogP contribution in [0.3, 0.4) is 0 Å². The molecule has 1 atom stereocenters. The van der Waals surface area contributed by atoms with Gasteiger partial charge in [-0.05, 0) is 13.8 Å². The maximum Gasteiger partial charge on any atom is 0.328 e. The molecule has 6 nitrogen and oxygen atoms in total. The smallest absolute Gasteiger partial charge is 0.328 e. The van der Waals surface area contributed by atoms with Crippen LogP contribution in [0.25, 0.3) is 10.6 Å². The van der Waals surface area contributed by atoms with Crippen LogP contribution >= 0.6 is 11.3 Å². The molecular weight excluding hydrogens is 228 g/mol. The van der Waals surface area contributed by atoms with Gasteiger partial charge in [-0.1, -0.05) is 5.21 Å². The van der Waals surface area contributed by atoms with Crippen LogP contribution in [0.2, 0.25) is 0 Å². The zero-order chi connectivity index (χ0) is 11.7. The average molecular weight is 238 g/mol. The second kappa shape index (κ2) is 4.01. The van der Waals surface area contributed by atoms with Crippen LogP contribution in [0.5, 0.6) is 0 Å². The van der Waals surface area contributed by atoms with E-state index in [0.717, 1.165) is 10.6 Å². The monoisotopic (exact) mass is 238 g/mol. The first-order chi connectivity index (χ1) is 7.59. The molecule has 0 bridgehead atoms. The highest BCUT2D eigenvalue weighted by Gasteiger charge is 2.16. The highest BCUT2D eigenvalue weighted by Crippen LogP contribution is 2.25. The Labute approximate surface area is 95.6 Å². The van der Waals surface area contributed by atoms with Crippen LogP contribution in [0.4, 0.5) is 0 Å². The molecule has 1 N–H and O–H groups in total. The minimum absolute atomic E-state index is 0.660. The van der Waals surface area contributed by atoms with Crippen LogP contribution in [0, 0.1) is 6.92 Å². The molecule has 2 rings (SSSR count). The van der Waals surface area contributed by atoms with Gasteiger partial charge >= 0.3 is 5.97 Å². The molecule has 0 aromatic carbocycles. The Hall–Kier alpha value is -1.76. The molecule has 0 radical (unpaired) electrons. The summed E-state index contributed by atoms with van der Waals surface area (Å²) in [5.41, 5.74) is 3.26. The van der Waals surface area contributed by atoms with Crippen LogP contribution < -0.4 is 0 Å². The molecule has 16 heavy (non-hydrogen) atoms. The number of aliphatic carboxylic acids is 1. The molecule has 0 saturated heterocycles. The van der Waals surface area contributed by atoms with Gasteiger partial charge in [-0.15, -0.1) is 16.4 Å². The van der Waals surface area contributed by atoms with Crippen molar-refractivity contribution in [2.24, 2.45) is 0 Å². The first-order valence-corrected chi connectivity index (χ1v) is 5.52. The fourth-order valence-corrected chi connectivity index (χ4v) is 1.98. The van der Waals surface area contributed by atoms with E-state index in [1.165, 1.54) is 16.0 Å². The summed E-state index contributed by atoms with van der Waals surface area (Å²) in [5, 5.41) is 16.6. The van der Waals surface area contributed by atoms with Gasteiger partial charge in [0.15, 0.2) is 0 Å². The van der Waals surface area contributed by atoms with E-state index < -0.39 is 12.0 Å². The molecule has 7 heteroatoms. The van der Waals surface area contributed by atoms with Crippen molar-refractivity contribution in [2.45, 2.75) is 19.9 Å². The Morgan fingerprint density at radius 3 is 2.94 bits per heavy atom. The molecular formula is C9H10N4O2S. The van der Waals surface area contributed by atoms with Crippen LogP contribution in [0.15, 0.2) is 11.7 Å². The molecule has 1 unspecified atom stereocenters. The average Bonchev–Trinajstić information content (AvgIpc) is 2.84. The second-order valence-corrected chi connectivity index (χ2v) is 4.22. The number of carboxylic acids is 1. The summed E-state index contributed by atoms with van der Waals surface area (Å²) in [5.74, 6) is -0.933. The van der Waals surface area contributed by atoms with Gasteiger partial charge in [0.05, 0.1) is 22.3 Å². The number of rotatable bonds is 3. The predicted octanol–water partition coefficient (Wildman–Crippen LogP) is 1.36. The van der Waals surface area contributed by atoms with Crippen molar-refractivity contribution in [1.82, 2.24) is 20.0 Å². The number of carbonyl (C=O) groups is 1. The normalized spacial score (nSPS) is 12.6. The third kappa shape index (κ3) is 1.81. The zero-order valence-electron chi connectivity index (χ0n) is 8.78. The molecule has 0 amide bonds. The number of carboxylic acid groups (broad SMARTS) is 1. The maximum absolute atomic E-state index is 10.8. The van der Waals surface area contributed by atoms with Crippen molar-refractivity contribution in [1.29, 1.82) is 0 Å². The first kappa shape index (κ1) is 10.7. The van der Waals surface area contributed by atoms with E-state index in [-0.39, 0.29) is 0 Å².